The summed E-state index contributed by atoms with van der Waals surface area (Å²) >= 11 is 1.03. The van der Waals surface area contributed by atoms with Crippen LogP contribution in [0.2, 0.25) is 0 Å². The van der Waals surface area contributed by atoms with Crippen molar-refractivity contribution < 1.29 is 18.7 Å². The molecule has 13 heteroatoms. The maximum Gasteiger partial charge on any atom is 0.379 e. The molecule has 3 aromatic heterocycles. The van der Waals surface area contributed by atoms with E-state index in [-0.39, 0.29) is 29.9 Å². The van der Waals surface area contributed by atoms with E-state index >= 15 is 0 Å². The first-order chi connectivity index (χ1) is 16.9. The van der Waals surface area contributed by atoms with Crippen molar-refractivity contribution >= 4 is 33.8 Å². The second-order valence-corrected chi connectivity index (χ2v) is 8.37. The summed E-state index contributed by atoms with van der Waals surface area (Å²) in [7, 11) is 1.50. The summed E-state index contributed by atoms with van der Waals surface area (Å²) in [5, 5.41) is 24.7. The number of methoxy groups -OCH3 is 1. The van der Waals surface area contributed by atoms with Gasteiger partial charge in [0.25, 0.3) is 5.91 Å². The number of nitrogen functional groups attached to an aromatic ring is 1. The Morgan fingerprint density at radius 3 is 2.97 bits per heavy atom. The first kappa shape index (κ1) is 23.9. The number of nitrogens with zero attached hydrogens (tertiary/aromatic N) is 5. The number of carbonyl (C=O) groups is 1. The molecule has 0 radical (unpaired) electrons. The highest BCUT2D eigenvalue weighted by atomic mass is 32.1. The van der Waals surface area contributed by atoms with Crippen LogP contribution in [0.25, 0.3) is 10.7 Å². The number of aromatic nitrogens is 4. The van der Waals surface area contributed by atoms with Gasteiger partial charge in [-0.25, -0.2) is 4.79 Å². The molecule has 12 nitrogen and oxygen atoms in total. The van der Waals surface area contributed by atoms with E-state index in [1.54, 1.807) is 6.07 Å². The summed E-state index contributed by atoms with van der Waals surface area (Å²) in [5.41, 5.74) is 6.66. The normalized spacial score (nSPS) is 15.2. The number of hydrogen-bond donors (Lipinski definition) is 2. The Bertz CT molecular complexity index is 1410. The van der Waals surface area contributed by atoms with Crippen molar-refractivity contribution in [2.24, 2.45) is 5.92 Å². The van der Waals surface area contributed by atoms with Gasteiger partial charge < -0.3 is 19.6 Å². The number of amides is 1. The van der Waals surface area contributed by atoms with Crippen LogP contribution in [0.3, 0.4) is 0 Å². The van der Waals surface area contributed by atoms with Crippen LogP contribution in [0, 0.1) is 17.2 Å². The van der Waals surface area contributed by atoms with Crippen LogP contribution in [0.5, 0.6) is 5.75 Å². The number of allylic oxidation sites excluding steroid dienone is 4. The summed E-state index contributed by atoms with van der Waals surface area (Å²) in [5.74, 6) is -1.24. The van der Waals surface area contributed by atoms with Gasteiger partial charge in [-0.1, -0.05) is 23.5 Å². The number of nitriles is 1. The molecule has 180 valence electrons. The number of nitrogens with two attached hydrogens (primary N) is 1. The van der Waals surface area contributed by atoms with E-state index in [1.165, 1.54) is 24.1 Å². The molecule has 1 aliphatic rings. The van der Waals surface area contributed by atoms with E-state index in [4.69, 9.17) is 19.6 Å². The molecule has 0 saturated heterocycles. The van der Waals surface area contributed by atoms with Gasteiger partial charge in [0.2, 0.25) is 16.0 Å². The number of ether oxygens (including phenoxy) is 2. The van der Waals surface area contributed by atoms with Crippen LogP contribution >= 0.6 is 11.3 Å². The number of rotatable bonds is 8. The Morgan fingerprint density at radius 1 is 1.43 bits per heavy atom. The number of nitrogens with one attached hydrogen (secondary N) is 1. The lowest BCUT2D eigenvalue weighted by Crippen LogP contribution is -2.20. The molecular weight excluding hydrogens is 474 g/mol. The zero-order valence-electron chi connectivity index (χ0n) is 18.8. The van der Waals surface area contributed by atoms with Crippen molar-refractivity contribution in [2.75, 3.05) is 31.4 Å². The van der Waals surface area contributed by atoms with Gasteiger partial charge in [0, 0.05) is 18.7 Å². The van der Waals surface area contributed by atoms with Gasteiger partial charge in [-0.15, -0.1) is 10.2 Å². The monoisotopic (exact) mass is 495 g/mol. The number of anilines is 2. The van der Waals surface area contributed by atoms with Gasteiger partial charge in [-0.05, 0) is 30.6 Å². The molecule has 1 atom stereocenters. The molecule has 35 heavy (non-hydrogen) atoms. The molecule has 4 rings (SSSR count). The van der Waals surface area contributed by atoms with Crippen molar-refractivity contribution in [3.05, 3.63) is 57.8 Å². The van der Waals surface area contributed by atoms with Gasteiger partial charge in [0.15, 0.2) is 5.76 Å². The topological polar surface area (TPSA) is 171 Å². The van der Waals surface area contributed by atoms with E-state index in [0.717, 1.165) is 16.9 Å². The van der Waals surface area contributed by atoms with Crippen LogP contribution in [-0.4, -0.2) is 46.2 Å². The third-order valence-electron chi connectivity index (χ3n) is 5.11. The van der Waals surface area contributed by atoms with Crippen molar-refractivity contribution in [2.45, 2.75) is 13.3 Å². The standard InChI is InChI=1S/C22H21N7O5S/c1-12-4-3-5-13(11-23)17(12)14-10-15(34-20(31)18(14)33-9-8-32-2)19(30)26-21-27-28-22(35-21)29-16(24)6-7-25-29/h3-4,6-7,10,13H,5,8-9,24H2,1-2H3,(H,26,27,30). The summed E-state index contributed by atoms with van der Waals surface area (Å²) < 4.78 is 17.3. The summed E-state index contributed by atoms with van der Waals surface area (Å²) in [4.78, 5) is 25.8. The number of carbonyl (C=O) groups excluding carboxylic acids is 1. The molecule has 0 aromatic carbocycles. The molecule has 1 unspecified atom stereocenters. The lowest BCUT2D eigenvalue weighted by molar-refractivity contribution is 0.0989. The van der Waals surface area contributed by atoms with Crippen LogP contribution in [-0.2, 0) is 4.74 Å². The van der Waals surface area contributed by atoms with Crippen molar-refractivity contribution in [3.8, 4) is 17.0 Å². The SMILES string of the molecule is COCCOc1c(C2=C(C)C=CCC2C#N)cc(C(=O)Nc2nnc(-n3nccc3N)s2)oc1=O. The Hall–Kier alpha value is -4.28. The second-order valence-electron chi connectivity index (χ2n) is 7.41. The maximum absolute atomic E-state index is 13.0. The fourth-order valence-electron chi connectivity index (χ4n) is 3.52. The third kappa shape index (κ3) is 4.98. The Balaban J connectivity index is 1.69. The lowest BCUT2D eigenvalue weighted by Gasteiger charge is -2.21. The fourth-order valence-corrected chi connectivity index (χ4v) is 4.24. The van der Waals surface area contributed by atoms with Crippen LogP contribution in [0.1, 0.15) is 29.5 Å². The third-order valence-corrected chi connectivity index (χ3v) is 5.93. The highest BCUT2D eigenvalue weighted by Gasteiger charge is 2.27. The number of hydrogen-bond acceptors (Lipinski definition) is 11. The van der Waals surface area contributed by atoms with Gasteiger partial charge in [-0.2, -0.15) is 15.0 Å². The summed E-state index contributed by atoms with van der Waals surface area (Å²) in [6.07, 6.45) is 5.72. The van der Waals surface area contributed by atoms with Crippen LogP contribution in [0.15, 0.2) is 45.3 Å². The highest BCUT2D eigenvalue weighted by molar-refractivity contribution is 7.17. The average Bonchev–Trinajstić information content (AvgIpc) is 3.48. The van der Waals surface area contributed by atoms with Gasteiger partial charge in [-0.3, -0.25) is 10.1 Å². The second kappa shape index (κ2) is 10.3. The van der Waals surface area contributed by atoms with E-state index in [2.05, 4.69) is 26.7 Å². The highest BCUT2D eigenvalue weighted by Crippen LogP contribution is 2.37. The quantitative estimate of drug-likeness (QED) is 0.442. The van der Waals surface area contributed by atoms with E-state index in [0.29, 0.717) is 28.5 Å². The molecule has 0 saturated carbocycles. The molecule has 0 aliphatic heterocycles. The lowest BCUT2D eigenvalue weighted by atomic mass is 9.84. The molecule has 0 fully saturated rings. The molecule has 0 spiro atoms. The largest absolute Gasteiger partial charge is 0.484 e. The first-order valence-corrected chi connectivity index (χ1v) is 11.3. The van der Waals surface area contributed by atoms with E-state index in [1.807, 2.05) is 19.1 Å². The fraction of sp³-hybridized carbons (Fsp3) is 0.273. The Kier molecular flexibility index (Phi) is 7.04. The predicted octanol–water partition coefficient (Wildman–Crippen LogP) is 2.41. The van der Waals surface area contributed by atoms with Gasteiger partial charge in [0.1, 0.15) is 12.4 Å². The Morgan fingerprint density at radius 2 is 2.26 bits per heavy atom. The molecule has 3 N–H and O–H groups in total. The molecule has 1 aliphatic carbocycles. The molecular formula is C22H21N7O5S. The van der Waals surface area contributed by atoms with Crippen molar-refractivity contribution in [1.82, 2.24) is 20.0 Å². The van der Waals surface area contributed by atoms with Gasteiger partial charge >= 0.3 is 5.63 Å². The van der Waals surface area contributed by atoms with Crippen molar-refractivity contribution in [3.63, 3.8) is 0 Å². The zero-order valence-corrected chi connectivity index (χ0v) is 19.7. The molecule has 1 amide bonds. The smallest absolute Gasteiger partial charge is 0.379 e. The van der Waals surface area contributed by atoms with Gasteiger partial charge in [0.05, 0.1) is 24.8 Å². The van der Waals surface area contributed by atoms with Crippen molar-refractivity contribution in [1.29, 1.82) is 5.26 Å². The maximum atomic E-state index is 13.0. The van der Waals surface area contributed by atoms with E-state index in [9.17, 15) is 14.9 Å². The molecule has 3 heterocycles. The summed E-state index contributed by atoms with van der Waals surface area (Å²) in [6.45, 7) is 2.15. The molecule has 3 aromatic rings. The first-order valence-electron chi connectivity index (χ1n) is 10.4. The average molecular weight is 496 g/mol. The van der Waals surface area contributed by atoms with Crippen LogP contribution in [0.4, 0.5) is 10.9 Å². The summed E-state index contributed by atoms with van der Waals surface area (Å²) in [6, 6.07) is 5.24. The van der Waals surface area contributed by atoms with E-state index < -0.39 is 17.5 Å². The minimum absolute atomic E-state index is 0.0866. The minimum atomic E-state index is -0.849. The zero-order chi connectivity index (χ0) is 24.9. The predicted molar refractivity (Wildman–Crippen MR) is 127 cm³/mol. The van der Waals surface area contributed by atoms with Crippen LogP contribution < -0.4 is 21.4 Å². The minimum Gasteiger partial charge on any atom is -0.484 e. The Labute approximate surface area is 203 Å². The molecule has 0 bridgehead atoms.